The zero-order valence-corrected chi connectivity index (χ0v) is 19.1. The van der Waals surface area contributed by atoms with E-state index in [-0.39, 0.29) is 11.9 Å². The molecule has 0 atom stereocenters. The van der Waals surface area contributed by atoms with Crippen LogP contribution in [0.3, 0.4) is 0 Å². The number of urea groups is 1. The molecule has 0 aliphatic carbocycles. The normalized spacial score (nSPS) is 18.2. The zero-order valence-electron chi connectivity index (χ0n) is 19.1. The van der Waals surface area contributed by atoms with E-state index >= 15 is 0 Å². The van der Waals surface area contributed by atoms with Crippen LogP contribution < -0.4 is 5.32 Å². The van der Waals surface area contributed by atoms with Gasteiger partial charge in [0.15, 0.2) is 0 Å². The summed E-state index contributed by atoms with van der Waals surface area (Å²) in [7, 11) is 0. The molecule has 1 aromatic rings. The maximum atomic E-state index is 13.0. The quantitative estimate of drug-likeness (QED) is 0.789. The van der Waals surface area contributed by atoms with Gasteiger partial charge in [-0.25, -0.2) is 4.79 Å². The van der Waals surface area contributed by atoms with E-state index in [4.69, 9.17) is 0 Å². The lowest BCUT2D eigenvalue weighted by molar-refractivity contribution is -0.133. The van der Waals surface area contributed by atoms with Gasteiger partial charge in [0.1, 0.15) is 0 Å². The predicted octanol–water partition coefficient (Wildman–Crippen LogP) is 4.10. The molecule has 2 fully saturated rings. The number of para-hydroxylation sites is 1. The number of benzene rings is 1. The summed E-state index contributed by atoms with van der Waals surface area (Å²) in [6.07, 6.45) is 3.47. The Bertz CT molecular complexity index is 706. The van der Waals surface area contributed by atoms with Crippen molar-refractivity contribution in [2.75, 3.05) is 51.1 Å². The van der Waals surface area contributed by atoms with Gasteiger partial charge in [-0.2, -0.15) is 0 Å². The molecule has 30 heavy (non-hydrogen) atoms. The van der Waals surface area contributed by atoms with Crippen LogP contribution in [0.5, 0.6) is 0 Å². The molecule has 0 radical (unpaired) electrons. The summed E-state index contributed by atoms with van der Waals surface area (Å²) in [4.78, 5) is 31.6. The molecule has 2 aliphatic rings. The first-order chi connectivity index (χ1) is 14.4. The number of hydrogen-bond acceptors (Lipinski definition) is 3. The molecule has 3 rings (SSSR count). The fourth-order valence-corrected chi connectivity index (χ4v) is 4.43. The Morgan fingerprint density at radius 1 is 0.833 bits per heavy atom. The Balaban J connectivity index is 1.56. The number of likely N-dealkylation sites (tertiary alicyclic amines) is 1. The summed E-state index contributed by atoms with van der Waals surface area (Å²) in [6, 6.07) is 6.26. The smallest absolute Gasteiger partial charge is 0.321 e. The van der Waals surface area contributed by atoms with E-state index in [1.54, 1.807) is 0 Å². The first-order valence-corrected chi connectivity index (χ1v) is 11.6. The number of nitrogens with zero attached hydrogens (tertiary/aromatic N) is 3. The Hall–Kier alpha value is -2.08. The molecule has 2 aliphatic heterocycles. The minimum Gasteiger partial charge on any atom is -0.342 e. The van der Waals surface area contributed by atoms with Crippen molar-refractivity contribution in [2.24, 2.45) is 0 Å². The molecular weight excluding hydrogens is 376 g/mol. The van der Waals surface area contributed by atoms with E-state index in [1.165, 1.54) is 17.5 Å². The molecule has 0 unspecified atom stereocenters. The monoisotopic (exact) mass is 414 g/mol. The van der Waals surface area contributed by atoms with E-state index in [2.05, 4.69) is 56.1 Å². The number of piperazine rings is 1. The summed E-state index contributed by atoms with van der Waals surface area (Å²) in [5.74, 6) is 0.924. The average molecular weight is 415 g/mol. The molecular formula is C24H38N4O2. The number of hydrogen-bond donors (Lipinski definition) is 1. The van der Waals surface area contributed by atoms with Crippen molar-refractivity contribution >= 4 is 17.6 Å². The summed E-state index contributed by atoms with van der Waals surface area (Å²) in [6.45, 7) is 13.7. The van der Waals surface area contributed by atoms with Gasteiger partial charge in [0.25, 0.3) is 0 Å². The van der Waals surface area contributed by atoms with Crippen molar-refractivity contribution in [1.29, 1.82) is 0 Å². The minimum atomic E-state index is -0.0352. The van der Waals surface area contributed by atoms with Crippen LogP contribution in [-0.4, -0.2) is 72.5 Å². The van der Waals surface area contributed by atoms with Gasteiger partial charge in [-0.3, -0.25) is 9.69 Å². The van der Waals surface area contributed by atoms with Crippen LogP contribution >= 0.6 is 0 Å². The molecule has 2 saturated heterocycles. The Morgan fingerprint density at radius 3 is 1.93 bits per heavy atom. The van der Waals surface area contributed by atoms with Crippen LogP contribution in [0.2, 0.25) is 0 Å². The molecule has 0 saturated carbocycles. The highest BCUT2D eigenvalue weighted by atomic mass is 16.2. The molecule has 0 spiro atoms. The van der Waals surface area contributed by atoms with Crippen molar-refractivity contribution < 1.29 is 9.59 Å². The fourth-order valence-electron chi connectivity index (χ4n) is 4.43. The van der Waals surface area contributed by atoms with E-state index < -0.39 is 0 Å². The van der Waals surface area contributed by atoms with Gasteiger partial charge in [-0.15, -0.1) is 0 Å². The third kappa shape index (κ3) is 5.54. The van der Waals surface area contributed by atoms with E-state index in [0.717, 1.165) is 44.7 Å². The molecule has 6 heteroatoms. The lowest BCUT2D eigenvalue weighted by atomic mass is 9.93. The van der Waals surface area contributed by atoms with Gasteiger partial charge in [-0.05, 0) is 42.2 Å². The second-order valence-corrected chi connectivity index (χ2v) is 9.26. The summed E-state index contributed by atoms with van der Waals surface area (Å²) >= 11 is 0. The summed E-state index contributed by atoms with van der Waals surface area (Å²) in [5.41, 5.74) is 3.33. The molecule has 6 nitrogen and oxygen atoms in total. The third-order valence-electron chi connectivity index (χ3n) is 6.33. The molecule has 0 bridgehead atoms. The highest BCUT2D eigenvalue weighted by molar-refractivity contribution is 5.91. The van der Waals surface area contributed by atoms with Crippen molar-refractivity contribution in [3.63, 3.8) is 0 Å². The molecule has 2 heterocycles. The van der Waals surface area contributed by atoms with Gasteiger partial charge in [0.05, 0.1) is 6.54 Å². The van der Waals surface area contributed by atoms with Gasteiger partial charge >= 0.3 is 6.03 Å². The largest absolute Gasteiger partial charge is 0.342 e. The highest BCUT2D eigenvalue weighted by Crippen LogP contribution is 2.32. The van der Waals surface area contributed by atoms with E-state index in [9.17, 15) is 9.59 Å². The number of amides is 3. The van der Waals surface area contributed by atoms with Gasteiger partial charge in [0, 0.05) is 45.0 Å². The lowest BCUT2D eigenvalue weighted by Crippen LogP contribution is -2.52. The maximum absolute atomic E-state index is 13.0. The number of nitrogens with one attached hydrogen (secondary N) is 1. The minimum absolute atomic E-state index is 0.0352. The first kappa shape index (κ1) is 22.6. The highest BCUT2D eigenvalue weighted by Gasteiger charge is 2.26. The lowest BCUT2D eigenvalue weighted by Gasteiger charge is -2.36. The Morgan fingerprint density at radius 2 is 1.40 bits per heavy atom. The second kappa shape index (κ2) is 10.3. The number of rotatable bonds is 5. The van der Waals surface area contributed by atoms with Crippen LogP contribution in [-0.2, 0) is 4.79 Å². The van der Waals surface area contributed by atoms with Gasteiger partial charge in [-0.1, -0.05) is 45.9 Å². The van der Waals surface area contributed by atoms with Gasteiger partial charge in [0.2, 0.25) is 5.91 Å². The predicted molar refractivity (Wildman–Crippen MR) is 122 cm³/mol. The summed E-state index contributed by atoms with van der Waals surface area (Å²) < 4.78 is 0. The van der Waals surface area contributed by atoms with Crippen LogP contribution in [0.25, 0.3) is 0 Å². The SMILES string of the molecule is CC(C)c1cccc(C(C)C)c1NC(=O)N1CCN(CC(=O)N2CCCCC2)CC1. The Kier molecular flexibility index (Phi) is 7.75. The number of piperidine rings is 1. The molecule has 3 amide bonds. The number of carbonyl (C=O) groups excluding carboxylic acids is 2. The van der Waals surface area contributed by atoms with Crippen molar-refractivity contribution in [1.82, 2.24) is 14.7 Å². The topological polar surface area (TPSA) is 55.9 Å². The third-order valence-corrected chi connectivity index (χ3v) is 6.33. The van der Waals surface area contributed by atoms with Crippen LogP contribution in [0, 0.1) is 0 Å². The van der Waals surface area contributed by atoms with Crippen LogP contribution in [0.4, 0.5) is 10.5 Å². The van der Waals surface area contributed by atoms with E-state index in [0.29, 0.717) is 31.5 Å². The Labute approximate surface area is 181 Å². The van der Waals surface area contributed by atoms with Crippen molar-refractivity contribution in [3.8, 4) is 0 Å². The zero-order chi connectivity index (χ0) is 21.7. The first-order valence-electron chi connectivity index (χ1n) is 11.6. The molecule has 166 valence electrons. The number of anilines is 1. The molecule has 0 aromatic heterocycles. The van der Waals surface area contributed by atoms with Crippen molar-refractivity contribution in [2.45, 2.75) is 58.8 Å². The molecule has 1 N–H and O–H groups in total. The fraction of sp³-hybridized carbons (Fsp3) is 0.667. The number of carbonyl (C=O) groups is 2. The standard InChI is InChI=1S/C24H38N4O2/c1-18(2)20-9-8-10-21(19(3)4)23(20)25-24(30)28-15-13-26(14-16-28)17-22(29)27-11-6-5-7-12-27/h8-10,18-19H,5-7,11-17H2,1-4H3,(H,25,30). The van der Waals surface area contributed by atoms with E-state index in [1.807, 2.05) is 9.80 Å². The van der Waals surface area contributed by atoms with Crippen molar-refractivity contribution in [3.05, 3.63) is 29.3 Å². The maximum Gasteiger partial charge on any atom is 0.321 e. The molecule has 1 aromatic carbocycles. The average Bonchev–Trinajstić information content (AvgIpc) is 2.74. The summed E-state index contributed by atoms with van der Waals surface area (Å²) in [5, 5.41) is 3.21. The van der Waals surface area contributed by atoms with Crippen LogP contribution in [0.1, 0.15) is 69.9 Å². The van der Waals surface area contributed by atoms with Crippen LogP contribution in [0.15, 0.2) is 18.2 Å². The van der Waals surface area contributed by atoms with Gasteiger partial charge < -0.3 is 15.1 Å². The second-order valence-electron chi connectivity index (χ2n) is 9.26.